The SMILES string of the molecule is COc1ccc(C2=COC3CC(OCCN4CC(C)OC(C)C4)CCC3C2=O)cc1. The van der Waals surface area contributed by atoms with E-state index in [2.05, 4.69) is 18.7 Å². The molecule has 3 aliphatic rings. The van der Waals surface area contributed by atoms with Gasteiger partial charge in [-0.3, -0.25) is 9.69 Å². The molecule has 1 saturated heterocycles. The van der Waals surface area contributed by atoms with E-state index in [1.165, 1.54) is 0 Å². The number of ketones is 1. The monoisotopic (exact) mass is 415 g/mol. The first-order chi connectivity index (χ1) is 14.5. The molecule has 0 radical (unpaired) electrons. The zero-order valence-electron chi connectivity index (χ0n) is 18.2. The van der Waals surface area contributed by atoms with E-state index in [4.69, 9.17) is 18.9 Å². The van der Waals surface area contributed by atoms with Crippen molar-refractivity contribution in [3.63, 3.8) is 0 Å². The van der Waals surface area contributed by atoms with Gasteiger partial charge in [0.2, 0.25) is 0 Å². The molecule has 6 heteroatoms. The Hall–Kier alpha value is -1.89. The summed E-state index contributed by atoms with van der Waals surface area (Å²) in [7, 11) is 1.64. The number of morpholine rings is 1. The molecule has 5 unspecified atom stereocenters. The largest absolute Gasteiger partial charge is 0.497 e. The molecule has 164 valence electrons. The molecule has 0 bridgehead atoms. The summed E-state index contributed by atoms with van der Waals surface area (Å²) in [4.78, 5) is 15.5. The van der Waals surface area contributed by atoms with Crippen molar-refractivity contribution < 1.29 is 23.7 Å². The van der Waals surface area contributed by atoms with Gasteiger partial charge >= 0.3 is 0 Å². The third-order valence-corrected chi connectivity index (χ3v) is 6.36. The number of carbonyl (C=O) groups excluding carboxylic acids is 1. The maximum Gasteiger partial charge on any atom is 0.173 e. The minimum absolute atomic E-state index is 0.0760. The Labute approximate surface area is 179 Å². The average Bonchev–Trinajstić information content (AvgIpc) is 2.73. The van der Waals surface area contributed by atoms with Crippen LogP contribution < -0.4 is 4.74 Å². The van der Waals surface area contributed by atoms with Crippen molar-refractivity contribution in [1.29, 1.82) is 0 Å². The second-order valence-corrected chi connectivity index (χ2v) is 8.73. The van der Waals surface area contributed by atoms with Gasteiger partial charge in [-0.05, 0) is 44.4 Å². The van der Waals surface area contributed by atoms with Crippen LogP contribution in [0.3, 0.4) is 0 Å². The zero-order chi connectivity index (χ0) is 21.1. The summed E-state index contributed by atoms with van der Waals surface area (Å²) in [6.45, 7) is 7.79. The summed E-state index contributed by atoms with van der Waals surface area (Å²) in [5, 5.41) is 0. The first-order valence-electron chi connectivity index (χ1n) is 11.1. The lowest BCUT2D eigenvalue weighted by Crippen LogP contribution is -2.47. The first-order valence-corrected chi connectivity index (χ1v) is 11.1. The van der Waals surface area contributed by atoms with Gasteiger partial charge in [-0.25, -0.2) is 0 Å². The maximum atomic E-state index is 13.1. The Morgan fingerprint density at radius 1 is 1.10 bits per heavy atom. The lowest BCUT2D eigenvalue weighted by molar-refractivity contribution is -0.128. The number of hydrogen-bond acceptors (Lipinski definition) is 6. The molecule has 0 spiro atoms. The van der Waals surface area contributed by atoms with E-state index in [0.29, 0.717) is 12.2 Å². The Bertz CT molecular complexity index is 751. The molecular weight excluding hydrogens is 382 g/mol. The molecule has 1 aromatic carbocycles. The molecule has 4 rings (SSSR count). The van der Waals surface area contributed by atoms with Gasteiger partial charge in [0, 0.05) is 26.1 Å². The van der Waals surface area contributed by atoms with Crippen LogP contribution in [0.25, 0.3) is 5.57 Å². The van der Waals surface area contributed by atoms with E-state index in [1.54, 1.807) is 13.4 Å². The number of rotatable bonds is 6. The topological polar surface area (TPSA) is 57.2 Å². The molecule has 0 N–H and O–H groups in total. The Balaban J connectivity index is 1.28. The minimum Gasteiger partial charge on any atom is -0.497 e. The number of ether oxygens (including phenoxy) is 4. The molecule has 0 aromatic heterocycles. The molecule has 2 aliphatic heterocycles. The molecule has 5 atom stereocenters. The molecule has 2 fully saturated rings. The number of Topliss-reactive ketones (excluding diaryl/α,β-unsaturated/α-hetero) is 1. The first kappa shape index (κ1) is 21.3. The van der Waals surface area contributed by atoms with Crippen molar-refractivity contribution in [3.8, 4) is 5.75 Å². The van der Waals surface area contributed by atoms with E-state index in [0.717, 1.165) is 50.2 Å². The summed E-state index contributed by atoms with van der Waals surface area (Å²) in [6.07, 6.45) is 4.76. The molecule has 6 nitrogen and oxygen atoms in total. The second-order valence-electron chi connectivity index (χ2n) is 8.73. The van der Waals surface area contributed by atoms with Crippen molar-refractivity contribution in [1.82, 2.24) is 4.90 Å². The van der Waals surface area contributed by atoms with Gasteiger partial charge < -0.3 is 18.9 Å². The van der Waals surface area contributed by atoms with Gasteiger partial charge in [0.25, 0.3) is 0 Å². The fourth-order valence-corrected chi connectivity index (χ4v) is 4.90. The van der Waals surface area contributed by atoms with Gasteiger partial charge in [0.15, 0.2) is 5.78 Å². The molecule has 1 aliphatic carbocycles. The van der Waals surface area contributed by atoms with Crippen LogP contribution in [0.5, 0.6) is 5.75 Å². The number of fused-ring (bicyclic) bond motifs is 1. The van der Waals surface area contributed by atoms with E-state index in [1.807, 2.05) is 24.3 Å². The predicted molar refractivity (Wildman–Crippen MR) is 114 cm³/mol. The lowest BCUT2D eigenvalue weighted by Gasteiger charge is -2.38. The van der Waals surface area contributed by atoms with Crippen LogP contribution in [0, 0.1) is 5.92 Å². The highest BCUT2D eigenvalue weighted by molar-refractivity contribution is 6.22. The quantitative estimate of drug-likeness (QED) is 0.711. The van der Waals surface area contributed by atoms with Gasteiger partial charge in [0.05, 0.1) is 49.8 Å². The number of nitrogens with zero attached hydrogens (tertiary/aromatic N) is 1. The van der Waals surface area contributed by atoms with Crippen LogP contribution in [0.15, 0.2) is 30.5 Å². The highest BCUT2D eigenvalue weighted by atomic mass is 16.5. The average molecular weight is 416 g/mol. The molecule has 1 aromatic rings. The summed E-state index contributed by atoms with van der Waals surface area (Å²) in [5.41, 5.74) is 1.54. The predicted octanol–water partition coefficient (Wildman–Crippen LogP) is 3.30. The van der Waals surface area contributed by atoms with E-state index >= 15 is 0 Å². The Morgan fingerprint density at radius 3 is 2.53 bits per heavy atom. The summed E-state index contributed by atoms with van der Waals surface area (Å²) in [5.74, 6) is 0.888. The molecule has 0 amide bonds. The van der Waals surface area contributed by atoms with Gasteiger partial charge in [0.1, 0.15) is 11.9 Å². The maximum absolute atomic E-state index is 13.1. The zero-order valence-corrected chi connectivity index (χ0v) is 18.2. The second kappa shape index (κ2) is 9.50. The van der Waals surface area contributed by atoms with E-state index in [9.17, 15) is 4.79 Å². The van der Waals surface area contributed by atoms with Gasteiger partial charge in [-0.15, -0.1) is 0 Å². The van der Waals surface area contributed by atoms with Crippen molar-refractivity contribution in [2.75, 3.05) is 33.4 Å². The molecule has 30 heavy (non-hydrogen) atoms. The van der Waals surface area contributed by atoms with Crippen LogP contribution in [0.1, 0.15) is 38.7 Å². The molecule has 2 heterocycles. The number of hydrogen-bond donors (Lipinski definition) is 0. The summed E-state index contributed by atoms with van der Waals surface area (Å²) in [6, 6.07) is 7.56. The number of allylic oxidation sites excluding steroid dienone is 1. The third-order valence-electron chi connectivity index (χ3n) is 6.36. The summed E-state index contributed by atoms with van der Waals surface area (Å²) < 4.78 is 23.2. The van der Waals surface area contributed by atoms with Crippen LogP contribution in [-0.4, -0.2) is 68.4 Å². The van der Waals surface area contributed by atoms with Crippen molar-refractivity contribution in [3.05, 3.63) is 36.1 Å². The third kappa shape index (κ3) is 4.88. The van der Waals surface area contributed by atoms with Crippen LogP contribution in [0.4, 0.5) is 0 Å². The highest BCUT2D eigenvalue weighted by Gasteiger charge is 2.40. The van der Waals surface area contributed by atoms with Crippen LogP contribution >= 0.6 is 0 Å². The summed E-state index contributed by atoms with van der Waals surface area (Å²) >= 11 is 0. The standard InChI is InChI=1S/C24H33NO5/c1-16-13-25(14-17(2)30-16)10-11-28-20-8-9-21-23(12-20)29-15-22(24(21)26)18-4-6-19(27-3)7-5-18/h4-7,15-17,20-21,23H,8-14H2,1-3H3. The van der Waals surface area contributed by atoms with E-state index < -0.39 is 0 Å². The van der Waals surface area contributed by atoms with Gasteiger partial charge in [-0.1, -0.05) is 12.1 Å². The normalized spacial score (nSPS) is 32.2. The van der Waals surface area contributed by atoms with Crippen molar-refractivity contribution in [2.45, 2.75) is 57.5 Å². The molecular formula is C24H33NO5. The lowest BCUT2D eigenvalue weighted by atomic mass is 9.78. The van der Waals surface area contributed by atoms with E-state index in [-0.39, 0.29) is 36.1 Å². The number of benzene rings is 1. The van der Waals surface area contributed by atoms with Gasteiger partial charge in [-0.2, -0.15) is 0 Å². The number of methoxy groups -OCH3 is 1. The Morgan fingerprint density at radius 2 is 1.83 bits per heavy atom. The fourth-order valence-electron chi connectivity index (χ4n) is 4.90. The molecule has 1 saturated carbocycles. The van der Waals surface area contributed by atoms with Crippen molar-refractivity contribution >= 4 is 11.4 Å². The minimum atomic E-state index is -0.0818. The van der Waals surface area contributed by atoms with Crippen molar-refractivity contribution in [2.24, 2.45) is 5.92 Å². The Kier molecular flexibility index (Phi) is 6.76. The highest BCUT2D eigenvalue weighted by Crippen LogP contribution is 2.37. The fraction of sp³-hybridized carbons (Fsp3) is 0.625. The van der Waals surface area contributed by atoms with Crippen LogP contribution in [-0.2, 0) is 19.0 Å². The van der Waals surface area contributed by atoms with Crippen LogP contribution in [0.2, 0.25) is 0 Å². The number of carbonyl (C=O) groups is 1. The smallest absolute Gasteiger partial charge is 0.173 e.